The third-order valence-electron chi connectivity index (χ3n) is 3.94. The van der Waals surface area contributed by atoms with Crippen molar-refractivity contribution in [1.29, 1.82) is 0 Å². The molecule has 0 aromatic heterocycles. The van der Waals surface area contributed by atoms with Crippen molar-refractivity contribution in [3.8, 4) is 0 Å². The number of likely N-dealkylation sites (tertiary alicyclic amines) is 1. The monoisotopic (exact) mass is 240 g/mol. The molecule has 4 heteroatoms. The molecule has 0 saturated carbocycles. The Balaban J connectivity index is 1.89. The first kappa shape index (κ1) is 12.8. The van der Waals surface area contributed by atoms with Crippen molar-refractivity contribution in [2.24, 2.45) is 11.8 Å². The number of amides is 1. The minimum atomic E-state index is 0.175. The van der Waals surface area contributed by atoms with Crippen LogP contribution in [0.5, 0.6) is 0 Å². The van der Waals surface area contributed by atoms with Crippen molar-refractivity contribution >= 4 is 5.91 Å². The van der Waals surface area contributed by atoms with Crippen LogP contribution in [0.1, 0.15) is 26.2 Å². The first-order valence-corrected chi connectivity index (χ1v) is 6.73. The number of nitrogens with zero attached hydrogens (tertiary/aromatic N) is 1. The van der Waals surface area contributed by atoms with Crippen molar-refractivity contribution in [2.45, 2.75) is 32.3 Å². The Morgan fingerprint density at radius 3 is 2.94 bits per heavy atom. The molecular weight excluding hydrogens is 216 g/mol. The zero-order chi connectivity index (χ0) is 12.3. The highest BCUT2D eigenvalue weighted by atomic mass is 16.5. The van der Waals surface area contributed by atoms with Crippen LogP contribution in [0.15, 0.2) is 0 Å². The summed E-state index contributed by atoms with van der Waals surface area (Å²) in [5.74, 6) is 1.11. The second-order valence-electron chi connectivity index (χ2n) is 5.48. The van der Waals surface area contributed by atoms with E-state index in [1.54, 1.807) is 7.11 Å². The highest BCUT2D eigenvalue weighted by Crippen LogP contribution is 2.21. The van der Waals surface area contributed by atoms with Crippen LogP contribution in [0, 0.1) is 11.8 Å². The summed E-state index contributed by atoms with van der Waals surface area (Å²) in [7, 11) is 1.74. The Morgan fingerprint density at radius 2 is 2.24 bits per heavy atom. The van der Waals surface area contributed by atoms with Crippen molar-refractivity contribution in [3.63, 3.8) is 0 Å². The van der Waals surface area contributed by atoms with Crippen LogP contribution in [0.2, 0.25) is 0 Å². The van der Waals surface area contributed by atoms with Crippen LogP contribution in [0.3, 0.4) is 0 Å². The number of rotatable bonds is 2. The maximum Gasteiger partial charge on any atom is 0.227 e. The number of nitrogens with one attached hydrogen (secondary N) is 1. The van der Waals surface area contributed by atoms with E-state index in [9.17, 15) is 4.79 Å². The fourth-order valence-corrected chi connectivity index (χ4v) is 2.93. The third kappa shape index (κ3) is 3.19. The molecule has 0 aromatic carbocycles. The molecule has 0 aliphatic carbocycles. The van der Waals surface area contributed by atoms with E-state index in [4.69, 9.17) is 4.74 Å². The number of carbonyl (C=O) groups excluding carboxylic acids is 1. The van der Waals surface area contributed by atoms with Gasteiger partial charge in [0.2, 0.25) is 5.91 Å². The number of piperidine rings is 2. The normalized spacial score (nSPS) is 34.7. The molecule has 98 valence electrons. The number of hydrogen-bond donors (Lipinski definition) is 1. The molecule has 2 rings (SSSR count). The van der Waals surface area contributed by atoms with Crippen molar-refractivity contribution in [1.82, 2.24) is 10.2 Å². The maximum atomic E-state index is 12.4. The van der Waals surface area contributed by atoms with Gasteiger partial charge in [-0.1, -0.05) is 6.92 Å². The van der Waals surface area contributed by atoms with E-state index in [1.807, 2.05) is 4.90 Å². The van der Waals surface area contributed by atoms with Crippen LogP contribution >= 0.6 is 0 Å². The number of hydrogen-bond acceptors (Lipinski definition) is 3. The highest BCUT2D eigenvalue weighted by molar-refractivity contribution is 5.79. The van der Waals surface area contributed by atoms with Crippen molar-refractivity contribution < 1.29 is 9.53 Å². The zero-order valence-electron chi connectivity index (χ0n) is 10.9. The Morgan fingerprint density at radius 1 is 1.41 bits per heavy atom. The average molecular weight is 240 g/mol. The van der Waals surface area contributed by atoms with Gasteiger partial charge in [0.25, 0.3) is 0 Å². The predicted octanol–water partition coefficient (Wildman–Crippen LogP) is 0.869. The van der Waals surface area contributed by atoms with Crippen LogP contribution in [0.25, 0.3) is 0 Å². The minimum Gasteiger partial charge on any atom is -0.380 e. The fourth-order valence-electron chi connectivity index (χ4n) is 2.93. The number of carbonyl (C=O) groups is 1. The van der Waals surface area contributed by atoms with Gasteiger partial charge in [-0.2, -0.15) is 0 Å². The molecule has 2 fully saturated rings. The Kier molecular flexibility index (Phi) is 4.40. The van der Waals surface area contributed by atoms with E-state index < -0.39 is 0 Å². The summed E-state index contributed by atoms with van der Waals surface area (Å²) in [4.78, 5) is 14.4. The Hall–Kier alpha value is -0.610. The standard InChI is InChI=1S/C13H24N2O2/c1-10-6-11(8-14-7-10)13(16)15-5-3-4-12(9-15)17-2/h10-12,14H,3-9H2,1-2H3. The van der Waals surface area contributed by atoms with Gasteiger partial charge in [0.15, 0.2) is 0 Å². The summed E-state index contributed by atoms with van der Waals surface area (Å²) in [6.07, 6.45) is 3.42. The first-order chi connectivity index (χ1) is 8.20. The van der Waals surface area contributed by atoms with Crippen LogP contribution in [-0.4, -0.2) is 50.2 Å². The lowest BCUT2D eigenvalue weighted by molar-refractivity contribution is -0.140. The second kappa shape index (κ2) is 5.83. The van der Waals surface area contributed by atoms with Gasteiger partial charge < -0.3 is 15.0 Å². The van der Waals surface area contributed by atoms with E-state index in [-0.39, 0.29) is 12.0 Å². The molecule has 2 saturated heterocycles. The Bertz CT molecular complexity index is 270. The SMILES string of the molecule is COC1CCCN(C(=O)C2CNCC(C)C2)C1. The van der Waals surface area contributed by atoms with Gasteiger partial charge in [-0.15, -0.1) is 0 Å². The molecule has 2 aliphatic heterocycles. The summed E-state index contributed by atoms with van der Waals surface area (Å²) >= 11 is 0. The molecule has 2 aliphatic rings. The van der Waals surface area contributed by atoms with E-state index in [0.29, 0.717) is 11.8 Å². The molecule has 3 atom stereocenters. The van der Waals surface area contributed by atoms with E-state index >= 15 is 0 Å². The van der Waals surface area contributed by atoms with Crippen molar-refractivity contribution in [2.75, 3.05) is 33.3 Å². The van der Waals surface area contributed by atoms with Gasteiger partial charge in [-0.3, -0.25) is 4.79 Å². The smallest absolute Gasteiger partial charge is 0.227 e. The molecule has 2 heterocycles. The highest BCUT2D eigenvalue weighted by Gasteiger charge is 2.31. The summed E-state index contributed by atoms with van der Waals surface area (Å²) in [6.45, 7) is 5.78. The molecule has 17 heavy (non-hydrogen) atoms. The molecule has 0 bridgehead atoms. The van der Waals surface area contributed by atoms with Crippen molar-refractivity contribution in [3.05, 3.63) is 0 Å². The van der Waals surface area contributed by atoms with Gasteiger partial charge in [0, 0.05) is 26.7 Å². The summed E-state index contributed by atoms with van der Waals surface area (Å²) in [5, 5.41) is 3.35. The molecule has 0 spiro atoms. The van der Waals surface area contributed by atoms with E-state index in [2.05, 4.69) is 12.2 Å². The summed E-state index contributed by atoms with van der Waals surface area (Å²) in [5.41, 5.74) is 0. The van der Waals surface area contributed by atoms with Gasteiger partial charge in [-0.25, -0.2) is 0 Å². The van der Waals surface area contributed by atoms with Gasteiger partial charge >= 0.3 is 0 Å². The molecule has 1 amide bonds. The van der Waals surface area contributed by atoms with Gasteiger partial charge in [-0.05, 0) is 31.7 Å². The second-order valence-corrected chi connectivity index (χ2v) is 5.48. The maximum absolute atomic E-state index is 12.4. The fraction of sp³-hybridized carbons (Fsp3) is 0.923. The Labute approximate surface area is 104 Å². The lowest BCUT2D eigenvalue weighted by atomic mass is 9.90. The van der Waals surface area contributed by atoms with Crippen LogP contribution < -0.4 is 5.32 Å². The summed E-state index contributed by atoms with van der Waals surface area (Å²) in [6, 6.07) is 0. The van der Waals surface area contributed by atoms with E-state index in [1.165, 1.54) is 0 Å². The quantitative estimate of drug-likeness (QED) is 0.778. The first-order valence-electron chi connectivity index (χ1n) is 6.73. The number of methoxy groups -OCH3 is 1. The lowest BCUT2D eigenvalue weighted by Gasteiger charge is -2.36. The lowest BCUT2D eigenvalue weighted by Crippen LogP contribution is -2.49. The molecular formula is C13H24N2O2. The molecule has 0 aromatic rings. The third-order valence-corrected chi connectivity index (χ3v) is 3.94. The number of ether oxygens (including phenoxy) is 1. The van der Waals surface area contributed by atoms with Gasteiger partial charge in [0.1, 0.15) is 0 Å². The largest absolute Gasteiger partial charge is 0.380 e. The molecule has 4 nitrogen and oxygen atoms in total. The van der Waals surface area contributed by atoms with Gasteiger partial charge in [0.05, 0.1) is 12.0 Å². The zero-order valence-corrected chi connectivity index (χ0v) is 10.9. The average Bonchev–Trinajstić information content (AvgIpc) is 2.38. The molecule has 3 unspecified atom stereocenters. The molecule has 0 radical (unpaired) electrons. The predicted molar refractivity (Wildman–Crippen MR) is 66.8 cm³/mol. The topological polar surface area (TPSA) is 41.6 Å². The molecule has 1 N–H and O–H groups in total. The van der Waals surface area contributed by atoms with Crippen LogP contribution in [-0.2, 0) is 9.53 Å². The summed E-state index contributed by atoms with van der Waals surface area (Å²) < 4.78 is 5.37. The van der Waals surface area contributed by atoms with E-state index in [0.717, 1.165) is 45.4 Å². The minimum absolute atomic E-state index is 0.175. The van der Waals surface area contributed by atoms with Crippen LogP contribution in [0.4, 0.5) is 0 Å².